The van der Waals surface area contributed by atoms with Gasteiger partial charge in [0.1, 0.15) is 11.5 Å². The van der Waals surface area contributed by atoms with Crippen LogP contribution in [0.2, 0.25) is 0 Å². The van der Waals surface area contributed by atoms with Crippen LogP contribution >= 0.6 is 0 Å². The zero-order chi connectivity index (χ0) is 11.8. The van der Waals surface area contributed by atoms with Crippen molar-refractivity contribution in [3.05, 3.63) is 59.2 Å². The average Bonchev–Trinajstić information content (AvgIpc) is 2.75. The molecule has 0 fully saturated rings. The number of rotatable bonds is 1. The van der Waals surface area contributed by atoms with E-state index in [1.165, 1.54) is 5.56 Å². The minimum Gasteiger partial charge on any atom is -0.508 e. The topological polar surface area (TPSA) is 40.5 Å². The van der Waals surface area contributed by atoms with Crippen LogP contribution in [0, 0.1) is 0 Å². The van der Waals surface area contributed by atoms with Crippen LogP contribution in [-0.4, -0.2) is 10.2 Å². The molecule has 2 N–H and O–H groups in total. The van der Waals surface area contributed by atoms with Crippen LogP contribution < -0.4 is 0 Å². The van der Waals surface area contributed by atoms with Gasteiger partial charge in [0.25, 0.3) is 0 Å². The molecule has 0 heterocycles. The Bertz CT molecular complexity index is 561. The van der Waals surface area contributed by atoms with E-state index in [1.54, 1.807) is 12.1 Å². The molecule has 1 unspecified atom stereocenters. The van der Waals surface area contributed by atoms with Gasteiger partial charge in [0.15, 0.2) is 0 Å². The van der Waals surface area contributed by atoms with Crippen molar-refractivity contribution in [2.24, 2.45) is 0 Å². The van der Waals surface area contributed by atoms with Gasteiger partial charge in [0.05, 0.1) is 0 Å². The summed E-state index contributed by atoms with van der Waals surface area (Å²) < 4.78 is 0. The van der Waals surface area contributed by atoms with E-state index in [4.69, 9.17) is 0 Å². The molecule has 0 saturated carbocycles. The van der Waals surface area contributed by atoms with Gasteiger partial charge in [0.2, 0.25) is 0 Å². The summed E-state index contributed by atoms with van der Waals surface area (Å²) in [4.78, 5) is 0. The molecule has 86 valence electrons. The largest absolute Gasteiger partial charge is 0.508 e. The van der Waals surface area contributed by atoms with E-state index in [0.29, 0.717) is 11.5 Å². The molecule has 0 amide bonds. The summed E-state index contributed by atoms with van der Waals surface area (Å²) >= 11 is 0. The molecular formula is C15H14O2. The highest BCUT2D eigenvalue weighted by atomic mass is 16.3. The minimum absolute atomic E-state index is 0.118. The lowest BCUT2D eigenvalue weighted by atomic mass is 9.92. The number of hydrogen-bond donors (Lipinski definition) is 2. The number of para-hydroxylation sites is 1. The molecule has 1 atom stereocenters. The Morgan fingerprint density at radius 3 is 2.47 bits per heavy atom. The number of fused-ring (bicyclic) bond motifs is 1. The van der Waals surface area contributed by atoms with Crippen LogP contribution in [0.5, 0.6) is 11.5 Å². The van der Waals surface area contributed by atoms with Gasteiger partial charge in [-0.2, -0.15) is 0 Å². The summed E-state index contributed by atoms with van der Waals surface area (Å²) in [5.41, 5.74) is 3.08. The number of hydrogen-bond acceptors (Lipinski definition) is 2. The second-order valence-corrected chi connectivity index (χ2v) is 4.50. The molecule has 0 aliphatic heterocycles. The van der Waals surface area contributed by atoms with Crippen LogP contribution in [0.4, 0.5) is 0 Å². The molecule has 17 heavy (non-hydrogen) atoms. The van der Waals surface area contributed by atoms with Crippen molar-refractivity contribution in [3.63, 3.8) is 0 Å². The SMILES string of the molecule is Oc1ccccc1C1CCc2cccc(O)c21. The third-order valence-electron chi connectivity index (χ3n) is 3.54. The van der Waals surface area contributed by atoms with Crippen molar-refractivity contribution in [1.82, 2.24) is 0 Å². The van der Waals surface area contributed by atoms with Gasteiger partial charge in [-0.25, -0.2) is 0 Å². The first-order valence-corrected chi connectivity index (χ1v) is 5.86. The van der Waals surface area contributed by atoms with Crippen LogP contribution in [-0.2, 0) is 6.42 Å². The highest BCUT2D eigenvalue weighted by Crippen LogP contribution is 2.44. The molecular weight excluding hydrogens is 212 g/mol. The molecule has 0 radical (unpaired) electrons. The summed E-state index contributed by atoms with van der Waals surface area (Å²) in [6.45, 7) is 0. The molecule has 3 rings (SSSR count). The second-order valence-electron chi connectivity index (χ2n) is 4.50. The van der Waals surface area contributed by atoms with Crippen molar-refractivity contribution in [1.29, 1.82) is 0 Å². The highest BCUT2D eigenvalue weighted by molar-refractivity contribution is 5.52. The fourth-order valence-corrected chi connectivity index (χ4v) is 2.76. The minimum atomic E-state index is 0.118. The predicted octanol–water partition coefficient (Wildman–Crippen LogP) is 3.18. The molecule has 2 aromatic carbocycles. The summed E-state index contributed by atoms with van der Waals surface area (Å²) in [6, 6.07) is 13.0. The third-order valence-corrected chi connectivity index (χ3v) is 3.54. The molecule has 0 saturated heterocycles. The smallest absolute Gasteiger partial charge is 0.119 e. The van der Waals surface area contributed by atoms with Gasteiger partial charge in [-0.15, -0.1) is 0 Å². The Balaban J connectivity index is 2.13. The number of aromatic hydroxyl groups is 2. The number of aryl methyl sites for hydroxylation is 1. The number of phenols is 2. The fourth-order valence-electron chi connectivity index (χ4n) is 2.76. The van der Waals surface area contributed by atoms with E-state index in [0.717, 1.165) is 24.0 Å². The molecule has 2 nitrogen and oxygen atoms in total. The molecule has 2 aromatic rings. The number of benzene rings is 2. The zero-order valence-electron chi connectivity index (χ0n) is 9.43. The Labute approximate surface area is 100 Å². The van der Waals surface area contributed by atoms with Gasteiger partial charge < -0.3 is 10.2 Å². The van der Waals surface area contributed by atoms with Gasteiger partial charge in [-0.1, -0.05) is 30.3 Å². The quantitative estimate of drug-likeness (QED) is 0.784. The van der Waals surface area contributed by atoms with Gasteiger partial charge in [-0.3, -0.25) is 0 Å². The van der Waals surface area contributed by atoms with Gasteiger partial charge in [-0.05, 0) is 30.5 Å². The first-order valence-electron chi connectivity index (χ1n) is 5.86. The van der Waals surface area contributed by atoms with Crippen molar-refractivity contribution >= 4 is 0 Å². The Morgan fingerprint density at radius 1 is 0.882 bits per heavy atom. The summed E-state index contributed by atoms with van der Waals surface area (Å²) in [7, 11) is 0. The van der Waals surface area contributed by atoms with E-state index in [2.05, 4.69) is 6.07 Å². The van der Waals surface area contributed by atoms with E-state index < -0.39 is 0 Å². The average molecular weight is 226 g/mol. The van der Waals surface area contributed by atoms with Crippen LogP contribution in [0.15, 0.2) is 42.5 Å². The lowest BCUT2D eigenvalue weighted by Gasteiger charge is -2.14. The standard InChI is InChI=1S/C15H14O2/c16-13-6-2-1-5-11(13)12-9-8-10-4-3-7-14(17)15(10)12/h1-7,12,16-17H,8-9H2. The molecule has 0 aromatic heterocycles. The molecule has 1 aliphatic carbocycles. The molecule has 2 heteroatoms. The summed E-state index contributed by atoms with van der Waals surface area (Å²) in [5, 5.41) is 19.9. The van der Waals surface area contributed by atoms with Gasteiger partial charge in [0, 0.05) is 17.0 Å². The maximum atomic E-state index is 9.97. The maximum absolute atomic E-state index is 9.97. The molecule has 0 bridgehead atoms. The first kappa shape index (κ1) is 10.2. The Morgan fingerprint density at radius 2 is 1.65 bits per heavy atom. The second kappa shape index (κ2) is 3.81. The number of phenolic OH excluding ortho intramolecular Hbond substituents is 2. The molecule has 0 spiro atoms. The summed E-state index contributed by atoms with van der Waals surface area (Å²) in [6.07, 6.45) is 1.91. The lowest BCUT2D eigenvalue weighted by molar-refractivity contribution is 0.456. The zero-order valence-corrected chi connectivity index (χ0v) is 9.43. The predicted molar refractivity (Wildman–Crippen MR) is 66.4 cm³/mol. The lowest BCUT2D eigenvalue weighted by Crippen LogP contribution is -1.96. The van der Waals surface area contributed by atoms with E-state index in [1.807, 2.05) is 24.3 Å². The monoisotopic (exact) mass is 226 g/mol. The van der Waals surface area contributed by atoms with Crippen molar-refractivity contribution < 1.29 is 10.2 Å². The first-order chi connectivity index (χ1) is 8.27. The normalized spacial score (nSPS) is 18.0. The van der Waals surface area contributed by atoms with Crippen molar-refractivity contribution in [3.8, 4) is 11.5 Å². The van der Waals surface area contributed by atoms with Crippen LogP contribution in [0.1, 0.15) is 29.0 Å². The van der Waals surface area contributed by atoms with Crippen LogP contribution in [0.25, 0.3) is 0 Å². The molecule has 1 aliphatic rings. The van der Waals surface area contributed by atoms with Crippen molar-refractivity contribution in [2.75, 3.05) is 0 Å². The Kier molecular flexibility index (Phi) is 2.29. The van der Waals surface area contributed by atoms with Crippen LogP contribution in [0.3, 0.4) is 0 Å². The highest BCUT2D eigenvalue weighted by Gasteiger charge is 2.28. The fraction of sp³-hybridized carbons (Fsp3) is 0.200. The van der Waals surface area contributed by atoms with Crippen molar-refractivity contribution in [2.45, 2.75) is 18.8 Å². The third kappa shape index (κ3) is 1.57. The Hall–Kier alpha value is -1.96. The van der Waals surface area contributed by atoms with E-state index >= 15 is 0 Å². The van der Waals surface area contributed by atoms with E-state index in [9.17, 15) is 10.2 Å². The van der Waals surface area contributed by atoms with E-state index in [-0.39, 0.29) is 5.92 Å². The van der Waals surface area contributed by atoms with Gasteiger partial charge >= 0.3 is 0 Å². The summed E-state index contributed by atoms with van der Waals surface area (Å²) in [5.74, 6) is 0.772. The maximum Gasteiger partial charge on any atom is 0.119 e.